The highest BCUT2D eigenvalue weighted by Gasteiger charge is 2.19. The molecule has 0 spiro atoms. The van der Waals surface area contributed by atoms with Gasteiger partial charge in [0.25, 0.3) is 0 Å². The molecule has 3 aromatic heterocycles. The van der Waals surface area contributed by atoms with Crippen LogP contribution in [-0.2, 0) is 6.42 Å². The fourth-order valence-corrected chi connectivity index (χ4v) is 9.42. The Kier molecular flexibility index (Phi) is 5.98. The fourth-order valence-electron chi connectivity index (χ4n) is 8.38. The topological polar surface area (TPSA) is 17.8 Å². The molecule has 234 valence electrons. The zero-order chi connectivity index (χ0) is 32.8. The van der Waals surface area contributed by atoms with Crippen molar-refractivity contribution in [3.63, 3.8) is 0 Å². The average Bonchev–Trinajstić information content (AvgIpc) is 3.73. The van der Waals surface area contributed by atoms with E-state index in [2.05, 4.69) is 162 Å². The standard InChI is InChI=1S/C47H30N2S/c1-2-14-35-33(12-1)34-13-3-4-15-36(34)40-25-30(20-22-37(35)40)29-10-9-11-31(24-29)43-27-42-41-26-32(21-23-46(41)50-47(42)28-48-43)49-44-18-7-5-16-38(44)39-17-6-8-19-45(39)49/h1-7,9-18,20-28H,8,19H2. The Morgan fingerprint density at radius 2 is 1.18 bits per heavy atom. The molecule has 0 bridgehead atoms. The lowest BCUT2D eigenvalue weighted by molar-refractivity contribution is 0.889. The van der Waals surface area contributed by atoms with Crippen molar-refractivity contribution in [2.45, 2.75) is 12.8 Å². The summed E-state index contributed by atoms with van der Waals surface area (Å²) in [6.07, 6.45) is 8.81. The van der Waals surface area contributed by atoms with Gasteiger partial charge in [0.05, 0.1) is 15.9 Å². The SMILES string of the molecule is C1=Cc2c(n(-c3ccc4sc5cnc(-c6cccc(-c7ccc8c9ccccc9c9ccccc9c8c7)c6)cc5c4c3)c3ccccc23)CC1. The van der Waals surface area contributed by atoms with E-state index in [9.17, 15) is 0 Å². The molecule has 2 nitrogen and oxygen atoms in total. The van der Waals surface area contributed by atoms with E-state index in [4.69, 9.17) is 4.98 Å². The molecule has 50 heavy (non-hydrogen) atoms. The van der Waals surface area contributed by atoms with E-state index in [0.29, 0.717) is 0 Å². The molecule has 0 fully saturated rings. The first-order valence-corrected chi connectivity index (χ1v) is 18.2. The largest absolute Gasteiger partial charge is 0.313 e. The van der Waals surface area contributed by atoms with E-state index in [1.54, 1.807) is 0 Å². The number of hydrogen-bond acceptors (Lipinski definition) is 2. The van der Waals surface area contributed by atoms with E-state index in [1.807, 2.05) is 11.3 Å². The van der Waals surface area contributed by atoms with Crippen molar-refractivity contribution < 1.29 is 0 Å². The zero-order valence-electron chi connectivity index (χ0n) is 27.2. The van der Waals surface area contributed by atoms with Crippen LogP contribution in [0.15, 0.2) is 152 Å². The number of allylic oxidation sites excluding steroid dienone is 1. The van der Waals surface area contributed by atoms with Crippen LogP contribution in [0.2, 0.25) is 0 Å². The molecule has 1 aliphatic rings. The molecule has 3 heteroatoms. The summed E-state index contributed by atoms with van der Waals surface area (Å²) in [7, 11) is 0. The summed E-state index contributed by atoms with van der Waals surface area (Å²) < 4.78 is 4.99. The third-order valence-corrected chi connectivity index (χ3v) is 11.8. The second-order valence-electron chi connectivity index (χ2n) is 13.4. The number of para-hydroxylation sites is 1. The third kappa shape index (κ3) is 4.11. The average molecular weight is 655 g/mol. The molecule has 0 unspecified atom stereocenters. The molecule has 0 aliphatic heterocycles. The third-order valence-electron chi connectivity index (χ3n) is 10.7. The van der Waals surface area contributed by atoms with Crippen LogP contribution in [0.3, 0.4) is 0 Å². The molecular weight excluding hydrogens is 625 g/mol. The predicted octanol–water partition coefficient (Wildman–Crippen LogP) is 13.1. The molecule has 0 N–H and O–H groups in total. The van der Waals surface area contributed by atoms with Crippen molar-refractivity contribution in [3.05, 3.63) is 163 Å². The zero-order valence-corrected chi connectivity index (χ0v) is 28.0. The molecule has 0 saturated carbocycles. The molecule has 0 saturated heterocycles. The van der Waals surface area contributed by atoms with Crippen LogP contribution >= 0.6 is 11.3 Å². The van der Waals surface area contributed by atoms with E-state index in [0.717, 1.165) is 24.1 Å². The van der Waals surface area contributed by atoms with Gasteiger partial charge >= 0.3 is 0 Å². The van der Waals surface area contributed by atoms with Crippen LogP contribution in [0.5, 0.6) is 0 Å². The van der Waals surface area contributed by atoms with Crippen LogP contribution < -0.4 is 0 Å². The van der Waals surface area contributed by atoms with Gasteiger partial charge < -0.3 is 4.57 Å². The van der Waals surface area contributed by atoms with Crippen molar-refractivity contribution in [3.8, 4) is 28.1 Å². The minimum absolute atomic E-state index is 0.996. The minimum atomic E-state index is 0.996. The number of hydrogen-bond donors (Lipinski definition) is 0. The molecule has 0 atom stereocenters. The lowest BCUT2D eigenvalue weighted by atomic mass is 9.91. The second kappa shape index (κ2) is 10.7. The van der Waals surface area contributed by atoms with Crippen LogP contribution in [0.1, 0.15) is 17.7 Å². The summed E-state index contributed by atoms with van der Waals surface area (Å²) in [4.78, 5) is 5.00. The smallest absolute Gasteiger partial charge is 0.0709 e. The molecule has 11 rings (SSSR count). The first-order valence-electron chi connectivity index (χ1n) is 17.3. The molecule has 0 amide bonds. The molecular formula is C47H30N2S. The number of aromatic nitrogens is 2. The normalized spacial score (nSPS) is 13.0. The van der Waals surface area contributed by atoms with Crippen molar-refractivity contribution in [1.29, 1.82) is 0 Å². The quantitative estimate of drug-likeness (QED) is 0.173. The Labute approximate surface area is 293 Å². The van der Waals surface area contributed by atoms with E-state index >= 15 is 0 Å². The van der Waals surface area contributed by atoms with Gasteiger partial charge in [-0.1, -0.05) is 109 Å². The summed E-state index contributed by atoms with van der Waals surface area (Å²) in [5.41, 5.74) is 9.79. The fraction of sp³-hybridized carbons (Fsp3) is 0.0426. The van der Waals surface area contributed by atoms with Gasteiger partial charge in [0.2, 0.25) is 0 Å². The van der Waals surface area contributed by atoms with Gasteiger partial charge in [-0.3, -0.25) is 4.98 Å². The Bertz CT molecular complexity index is 3010. The van der Waals surface area contributed by atoms with Gasteiger partial charge in [0.1, 0.15) is 0 Å². The lowest BCUT2D eigenvalue weighted by Crippen LogP contribution is -2.02. The summed E-state index contributed by atoms with van der Waals surface area (Å²) in [6, 6.07) is 51.4. The van der Waals surface area contributed by atoms with Gasteiger partial charge in [-0.2, -0.15) is 0 Å². The lowest BCUT2D eigenvalue weighted by Gasteiger charge is -2.13. The van der Waals surface area contributed by atoms with Crippen LogP contribution in [0.25, 0.3) is 97.5 Å². The number of pyridine rings is 1. The van der Waals surface area contributed by atoms with Gasteiger partial charge in [0, 0.05) is 49.6 Å². The number of benzene rings is 7. The monoisotopic (exact) mass is 654 g/mol. The molecule has 1 aliphatic carbocycles. The van der Waals surface area contributed by atoms with E-state index < -0.39 is 0 Å². The first-order chi connectivity index (χ1) is 24.8. The maximum absolute atomic E-state index is 5.00. The summed E-state index contributed by atoms with van der Waals surface area (Å²) >= 11 is 1.82. The Balaban J connectivity index is 1.04. The Hall–Kier alpha value is -6.03. The number of thiophene rings is 1. The van der Waals surface area contributed by atoms with Crippen LogP contribution in [0.4, 0.5) is 0 Å². The summed E-state index contributed by atoms with van der Waals surface area (Å²) in [6.45, 7) is 0. The summed E-state index contributed by atoms with van der Waals surface area (Å²) in [5, 5.41) is 11.6. The molecule has 7 aromatic carbocycles. The Morgan fingerprint density at radius 3 is 2.00 bits per heavy atom. The van der Waals surface area contributed by atoms with Crippen molar-refractivity contribution in [1.82, 2.24) is 9.55 Å². The van der Waals surface area contributed by atoms with Crippen molar-refractivity contribution in [2.24, 2.45) is 0 Å². The van der Waals surface area contributed by atoms with Crippen molar-refractivity contribution in [2.75, 3.05) is 0 Å². The molecule has 10 aromatic rings. The van der Waals surface area contributed by atoms with Gasteiger partial charge in [0.15, 0.2) is 0 Å². The van der Waals surface area contributed by atoms with Crippen LogP contribution in [-0.4, -0.2) is 9.55 Å². The van der Waals surface area contributed by atoms with Gasteiger partial charge in [-0.15, -0.1) is 11.3 Å². The van der Waals surface area contributed by atoms with E-state index in [1.165, 1.54) is 91.5 Å². The van der Waals surface area contributed by atoms with E-state index in [-0.39, 0.29) is 0 Å². The Morgan fingerprint density at radius 1 is 0.500 bits per heavy atom. The first kappa shape index (κ1) is 27.9. The number of rotatable bonds is 3. The molecule has 0 radical (unpaired) electrons. The second-order valence-corrected chi connectivity index (χ2v) is 14.5. The molecule has 3 heterocycles. The highest BCUT2D eigenvalue weighted by Crippen LogP contribution is 2.41. The maximum Gasteiger partial charge on any atom is 0.0709 e. The van der Waals surface area contributed by atoms with Crippen molar-refractivity contribution >= 4 is 80.8 Å². The van der Waals surface area contributed by atoms with Gasteiger partial charge in [-0.25, -0.2) is 0 Å². The van der Waals surface area contributed by atoms with Gasteiger partial charge in [-0.05, 0) is 98.8 Å². The highest BCUT2D eigenvalue weighted by atomic mass is 32.1. The maximum atomic E-state index is 5.00. The predicted molar refractivity (Wildman–Crippen MR) is 215 cm³/mol. The highest BCUT2D eigenvalue weighted by molar-refractivity contribution is 7.25. The van der Waals surface area contributed by atoms with Crippen LogP contribution in [0, 0.1) is 0 Å². The number of nitrogens with zero attached hydrogens (tertiary/aromatic N) is 2. The minimum Gasteiger partial charge on any atom is -0.313 e. The number of fused-ring (bicyclic) bond motifs is 12. The summed E-state index contributed by atoms with van der Waals surface area (Å²) in [5.74, 6) is 0.